The number of thiophene rings is 2. The van der Waals surface area contributed by atoms with Gasteiger partial charge in [0.05, 0.1) is 42.4 Å². The molecule has 238 valence electrons. The third-order valence-corrected chi connectivity index (χ3v) is 9.70. The van der Waals surface area contributed by atoms with E-state index in [1.807, 2.05) is 0 Å². The number of carbonyl (C=O) groups is 4. The minimum Gasteiger partial charge on any atom is -0.494 e. The van der Waals surface area contributed by atoms with Crippen molar-refractivity contribution >= 4 is 77.7 Å². The number of anilines is 2. The number of carboxylic acids is 2. The summed E-state index contributed by atoms with van der Waals surface area (Å²) in [4.78, 5) is 47.1. The van der Waals surface area contributed by atoms with E-state index in [0.717, 1.165) is 22.7 Å². The van der Waals surface area contributed by atoms with Gasteiger partial charge in [0.2, 0.25) is 0 Å². The number of carboxylic acid groups (broad SMARTS) is 2. The third-order valence-electron chi connectivity index (χ3n) is 7.46. The largest absolute Gasteiger partial charge is 0.494 e. The number of fused-ring (bicyclic) bond motifs is 2. The lowest BCUT2D eigenvalue weighted by atomic mass is 10.1. The molecule has 5 rings (SSSR count). The first kappa shape index (κ1) is 32.1. The van der Waals surface area contributed by atoms with Gasteiger partial charge in [0, 0.05) is 64.8 Å². The van der Waals surface area contributed by atoms with E-state index in [4.69, 9.17) is 19.7 Å². The van der Waals surface area contributed by atoms with Crippen molar-refractivity contribution in [1.82, 2.24) is 5.32 Å². The summed E-state index contributed by atoms with van der Waals surface area (Å²) in [6.45, 7) is 0.979. The number of ketones is 2. The van der Waals surface area contributed by atoms with Crippen LogP contribution in [0.5, 0.6) is 11.5 Å². The van der Waals surface area contributed by atoms with Crippen LogP contribution in [0.3, 0.4) is 0 Å². The first-order valence-corrected chi connectivity index (χ1v) is 15.4. The van der Waals surface area contributed by atoms with Gasteiger partial charge in [0.1, 0.15) is 22.9 Å². The molecule has 5 N–H and O–H groups in total. The van der Waals surface area contributed by atoms with Gasteiger partial charge >= 0.3 is 11.9 Å². The monoisotopic (exact) mass is 661 g/mol. The lowest BCUT2D eigenvalue weighted by Crippen LogP contribution is -2.35. The number of hydrogen-bond donors (Lipinski definition) is 5. The summed E-state index contributed by atoms with van der Waals surface area (Å²) >= 11 is 2.12. The fraction of sp³-hybridized carbons (Fsp3) is 0.333. The summed E-state index contributed by atoms with van der Waals surface area (Å²) in [6.07, 6.45) is -1.02. The van der Waals surface area contributed by atoms with Crippen molar-refractivity contribution in [3.8, 4) is 11.5 Å². The van der Waals surface area contributed by atoms with Crippen molar-refractivity contribution in [2.45, 2.75) is 31.2 Å². The van der Waals surface area contributed by atoms with Gasteiger partial charge in [-0.1, -0.05) is 0 Å². The highest BCUT2D eigenvalue weighted by atomic mass is 32.1. The zero-order chi connectivity index (χ0) is 32.5. The van der Waals surface area contributed by atoms with Gasteiger partial charge in [-0.2, -0.15) is 0 Å². The molecule has 1 saturated heterocycles. The highest BCUT2D eigenvalue weighted by Gasteiger charge is 2.42. The second-order valence-electron chi connectivity index (χ2n) is 10.6. The maximum absolute atomic E-state index is 15.7. The molecule has 1 aliphatic rings. The van der Waals surface area contributed by atoms with Crippen LogP contribution in [0.25, 0.3) is 20.2 Å². The molecule has 1 fully saturated rings. The Bertz CT molecular complexity index is 1710. The number of nitrogens with one attached hydrogen (secondary N) is 3. The summed E-state index contributed by atoms with van der Waals surface area (Å²) < 4.78 is 43.2. The van der Waals surface area contributed by atoms with E-state index in [0.29, 0.717) is 15.9 Å². The Morgan fingerprint density at radius 2 is 1.18 bits per heavy atom. The van der Waals surface area contributed by atoms with Crippen LogP contribution in [0.15, 0.2) is 24.3 Å². The van der Waals surface area contributed by atoms with E-state index in [1.54, 1.807) is 12.1 Å². The Balaban J connectivity index is 1.32. The van der Waals surface area contributed by atoms with Crippen LogP contribution in [-0.4, -0.2) is 73.1 Å². The second-order valence-corrected chi connectivity index (χ2v) is 12.7. The number of rotatable bonds is 16. The van der Waals surface area contributed by atoms with Crippen LogP contribution >= 0.6 is 22.7 Å². The Labute approximate surface area is 263 Å². The smallest absolute Gasteiger partial charge is 0.303 e. The predicted molar refractivity (Wildman–Crippen MR) is 167 cm³/mol. The standard InChI is InChI=1S/C30H29F2N3O8S2/c1-42-18-9-20-14(7-22(44-20)16(36)3-5-24(38)39)26(31)28(18)33-11-30(13-35-30)12-34-29-19(43-2)10-21-15(27(29)32)8-23(45-21)17(37)4-6-25(40)41/h7-10,33-35H,3-6,11-13H2,1-2H3,(H,38,39)(H,40,41). The Morgan fingerprint density at radius 1 is 0.778 bits per heavy atom. The molecule has 0 atom stereocenters. The van der Waals surface area contributed by atoms with Gasteiger partial charge in [-0.3, -0.25) is 19.2 Å². The zero-order valence-electron chi connectivity index (χ0n) is 24.2. The molecule has 0 amide bonds. The maximum atomic E-state index is 15.7. The molecule has 0 spiro atoms. The Morgan fingerprint density at radius 3 is 1.51 bits per heavy atom. The molecule has 11 nitrogen and oxygen atoms in total. The molecule has 45 heavy (non-hydrogen) atoms. The zero-order valence-corrected chi connectivity index (χ0v) is 25.8. The quantitative estimate of drug-likeness (QED) is 0.0772. The van der Waals surface area contributed by atoms with Crippen molar-refractivity contribution in [2.24, 2.45) is 0 Å². The third kappa shape index (κ3) is 6.84. The average Bonchev–Trinajstić information content (AvgIpc) is 3.42. The van der Waals surface area contributed by atoms with E-state index >= 15 is 8.78 Å². The molecule has 0 unspecified atom stereocenters. The molecule has 2 aromatic heterocycles. The number of carbonyl (C=O) groups excluding carboxylic acids is 2. The first-order chi connectivity index (χ1) is 21.4. The molecular formula is C30H29F2N3O8S2. The molecule has 0 saturated carbocycles. The van der Waals surface area contributed by atoms with E-state index in [1.165, 1.54) is 26.4 Å². The predicted octanol–water partition coefficient (Wildman–Crippen LogP) is 5.37. The number of methoxy groups -OCH3 is 2. The normalized spacial score (nSPS) is 13.5. The minimum atomic E-state index is -1.09. The van der Waals surface area contributed by atoms with E-state index in [2.05, 4.69) is 16.0 Å². The number of ether oxygens (including phenoxy) is 2. The molecule has 1 aliphatic heterocycles. The maximum Gasteiger partial charge on any atom is 0.303 e. The van der Waals surface area contributed by atoms with Crippen molar-refractivity contribution in [3.05, 3.63) is 45.7 Å². The van der Waals surface area contributed by atoms with Crippen LogP contribution in [0, 0.1) is 11.6 Å². The van der Waals surface area contributed by atoms with Gasteiger partial charge in [-0.05, 0) is 12.1 Å². The lowest BCUT2D eigenvalue weighted by Gasteiger charge is -2.20. The van der Waals surface area contributed by atoms with Crippen molar-refractivity contribution in [2.75, 3.05) is 44.5 Å². The molecule has 15 heteroatoms. The van der Waals surface area contributed by atoms with E-state index < -0.39 is 29.1 Å². The summed E-state index contributed by atoms with van der Waals surface area (Å²) in [7, 11) is 2.79. The Hall–Kier alpha value is -4.34. The van der Waals surface area contributed by atoms with Crippen LogP contribution in [-0.2, 0) is 9.59 Å². The molecule has 0 radical (unpaired) electrons. The molecule has 2 aromatic carbocycles. The topological polar surface area (TPSA) is 173 Å². The van der Waals surface area contributed by atoms with Crippen LogP contribution in [0.2, 0.25) is 0 Å². The molecular weight excluding hydrogens is 632 g/mol. The molecule has 0 aliphatic carbocycles. The fourth-order valence-corrected chi connectivity index (χ4v) is 6.91. The first-order valence-electron chi connectivity index (χ1n) is 13.8. The van der Waals surface area contributed by atoms with Gasteiger partial charge in [-0.25, -0.2) is 8.78 Å². The number of halogens is 2. The minimum absolute atomic E-state index is 0.0870. The summed E-state index contributed by atoms with van der Waals surface area (Å²) in [5.74, 6) is -3.75. The SMILES string of the molecule is COc1cc2sc(C(=O)CCC(=O)O)cc2c(F)c1NCC1(CNc2c(OC)cc3sc(C(=O)CCC(=O)O)cc3c2F)CN1. The lowest BCUT2D eigenvalue weighted by molar-refractivity contribution is -0.137. The number of hydrogen-bond acceptors (Lipinski definition) is 11. The highest BCUT2D eigenvalue weighted by molar-refractivity contribution is 7.21. The highest BCUT2D eigenvalue weighted by Crippen LogP contribution is 2.41. The molecule has 0 bridgehead atoms. The Kier molecular flexibility index (Phi) is 9.23. The van der Waals surface area contributed by atoms with Gasteiger partial charge < -0.3 is 35.6 Å². The number of aliphatic carboxylic acids is 2. The van der Waals surface area contributed by atoms with Crippen LogP contribution in [0.4, 0.5) is 20.2 Å². The van der Waals surface area contributed by atoms with Crippen molar-refractivity contribution < 1.29 is 47.6 Å². The number of Topliss-reactive ketones (excluding diaryl/α,β-unsaturated/α-hetero) is 2. The van der Waals surface area contributed by atoms with Crippen LogP contribution in [0.1, 0.15) is 45.0 Å². The number of benzene rings is 2. The van der Waals surface area contributed by atoms with E-state index in [9.17, 15) is 19.2 Å². The summed E-state index contributed by atoms with van der Waals surface area (Å²) in [6, 6.07) is 6.05. The summed E-state index contributed by atoms with van der Waals surface area (Å²) in [5.41, 5.74) is -0.411. The van der Waals surface area contributed by atoms with Crippen molar-refractivity contribution in [1.29, 1.82) is 0 Å². The van der Waals surface area contributed by atoms with Gasteiger partial charge in [0.15, 0.2) is 23.2 Å². The van der Waals surface area contributed by atoms with Crippen LogP contribution < -0.4 is 25.4 Å². The van der Waals surface area contributed by atoms with Crippen molar-refractivity contribution in [3.63, 3.8) is 0 Å². The average molecular weight is 662 g/mol. The molecule has 4 aromatic rings. The summed E-state index contributed by atoms with van der Waals surface area (Å²) in [5, 5.41) is 27.5. The molecule has 3 heterocycles. The fourth-order valence-electron chi connectivity index (χ4n) is 4.80. The second kappa shape index (κ2) is 12.9. The van der Waals surface area contributed by atoms with Gasteiger partial charge in [-0.15, -0.1) is 22.7 Å². The van der Waals surface area contributed by atoms with E-state index in [-0.39, 0.29) is 93.7 Å². The van der Waals surface area contributed by atoms with Gasteiger partial charge in [0.25, 0.3) is 0 Å².